The maximum absolute atomic E-state index is 12.5. The zero-order valence-corrected chi connectivity index (χ0v) is 17.5. The van der Waals surface area contributed by atoms with Gasteiger partial charge in [0.2, 0.25) is 10.0 Å². The number of rotatable bonds is 7. The van der Waals surface area contributed by atoms with Gasteiger partial charge in [0.15, 0.2) is 5.13 Å². The Morgan fingerprint density at radius 1 is 1.14 bits per heavy atom. The summed E-state index contributed by atoms with van der Waals surface area (Å²) in [6.07, 6.45) is 0. The van der Waals surface area contributed by atoms with Crippen LogP contribution in [0.2, 0.25) is 0 Å². The highest BCUT2D eigenvalue weighted by atomic mass is 32.2. The molecular formula is C19H22N4O3S2. The van der Waals surface area contributed by atoms with Crippen molar-refractivity contribution in [3.05, 3.63) is 53.1 Å². The number of anilines is 1. The summed E-state index contributed by atoms with van der Waals surface area (Å²) in [7, 11) is -2.28. The Morgan fingerprint density at radius 3 is 2.61 bits per heavy atom. The fourth-order valence-corrected chi connectivity index (χ4v) is 4.70. The first-order valence-corrected chi connectivity index (χ1v) is 11.0. The average molecular weight is 419 g/mol. The van der Waals surface area contributed by atoms with Crippen LogP contribution in [0.25, 0.3) is 10.2 Å². The summed E-state index contributed by atoms with van der Waals surface area (Å²) in [5.74, 6) is -0.318. The van der Waals surface area contributed by atoms with Gasteiger partial charge in [-0.25, -0.2) is 18.1 Å². The van der Waals surface area contributed by atoms with Gasteiger partial charge in [-0.15, -0.1) is 0 Å². The first-order chi connectivity index (χ1) is 13.3. The molecule has 2 aromatic carbocycles. The maximum Gasteiger partial charge on any atom is 0.251 e. The van der Waals surface area contributed by atoms with Crippen molar-refractivity contribution in [1.82, 2.24) is 15.0 Å². The lowest BCUT2D eigenvalue weighted by atomic mass is 10.1. The molecule has 0 bridgehead atoms. The van der Waals surface area contributed by atoms with E-state index in [0.717, 1.165) is 20.9 Å². The number of fused-ring (bicyclic) bond motifs is 1. The number of thiazole rings is 1. The molecule has 28 heavy (non-hydrogen) atoms. The zero-order valence-electron chi connectivity index (χ0n) is 15.9. The summed E-state index contributed by atoms with van der Waals surface area (Å²) in [6.45, 7) is 4.41. The molecule has 0 saturated carbocycles. The Morgan fingerprint density at radius 2 is 1.89 bits per heavy atom. The molecule has 0 fully saturated rings. The monoisotopic (exact) mass is 418 g/mol. The quantitative estimate of drug-likeness (QED) is 0.512. The molecule has 0 atom stereocenters. The van der Waals surface area contributed by atoms with E-state index in [1.807, 2.05) is 24.3 Å². The summed E-state index contributed by atoms with van der Waals surface area (Å²) in [5.41, 5.74) is 2.63. The number of carbonyl (C=O) groups excluding carboxylic acids is 1. The van der Waals surface area contributed by atoms with E-state index in [0.29, 0.717) is 24.2 Å². The first-order valence-electron chi connectivity index (χ1n) is 8.74. The summed E-state index contributed by atoms with van der Waals surface area (Å²) in [4.78, 5) is 17.1. The number of carbonyl (C=O) groups is 1. The number of benzene rings is 2. The zero-order chi connectivity index (χ0) is 20.3. The highest BCUT2D eigenvalue weighted by Crippen LogP contribution is 2.25. The molecule has 3 rings (SSSR count). The molecule has 1 heterocycles. The van der Waals surface area contributed by atoms with Crippen molar-refractivity contribution in [3.63, 3.8) is 0 Å². The van der Waals surface area contributed by atoms with Crippen LogP contribution in [0.1, 0.15) is 21.5 Å². The fourth-order valence-electron chi connectivity index (χ4n) is 2.74. The summed E-state index contributed by atoms with van der Waals surface area (Å²) in [6, 6.07) is 11.0. The van der Waals surface area contributed by atoms with Crippen molar-refractivity contribution in [1.29, 1.82) is 0 Å². The summed E-state index contributed by atoms with van der Waals surface area (Å²) < 4.78 is 27.8. The van der Waals surface area contributed by atoms with E-state index in [4.69, 9.17) is 0 Å². The van der Waals surface area contributed by atoms with Gasteiger partial charge in [0.1, 0.15) is 0 Å². The van der Waals surface area contributed by atoms with Gasteiger partial charge in [-0.05, 0) is 56.3 Å². The van der Waals surface area contributed by atoms with Crippen LogP contribution in [0, 0.1) is 13.8 Å². The number of hydrogen-bond donors (Lipinski definition) is 3. The van der Waals surface area contributed by atoms with Crippen LogP contribution in [0.15, 0.2) is 41.3 Å². The molecule has 0 aliphatic carbocycles. The van der Waals surface area contributed by atoms with Gasteiger partial charge >= 0.3 is 0 Å². The number of amides is 1. The SMILES string of the molecule is CNS(=O)(=O)c1cc(C(=O)NCCNc2nc3ccccc3s2)cc(C)c1C. The van der Waals surface area contributed by atoms with E-state index in [2.05, 4.69) is 20.3 Å². The third-order valence-electron chi connectivity index (χ3n) is 4.42. The minimum absolute atomic E-state index is 0.118. The molecule has 1 amide bonds. The van der Waals surface area contributed by atoms with Crippen LogP contribution in [-0.2, 0) is 10.0 Å². The Balaban J connectivity index is 1.63. The molecule has 0 unspecified atom stereocenters. The molecule has 0 radical (unpaired) electrons. The predicted molar refractivity (Wildman–Crippen MR) is 113 cm³/mol. The van der Waals surface area contributed by atoms with Gasteiger partial charge < -0.3 is 10.6 Å². The molecular weight excluding hydrogens is 396 g/mol. The Labute approximate surface area is 168 Å². The lowest BCUT2D eigenvalue weighted by molar-refractivity contribution is 0.0955. The van der Waals surface area contributed by atoms with Gasteiger partial charge in [0, 0.05) is 18.7 Å². The van der Waals surface area contributed by atoms with Crippen LogP contribution in [0.5, 0.6) is 0 Å². The molecule has 0 spiro atoms. The normalized spacial score (nSPS) is 11.5. The standard InChI is InChI=1S/C19H22N4O3S2/c1-12-10-14(11-17(13(12)2)28(25,26)20-3)18(24)21-8-9-22-19-23-15-6-4-5-7-16(15)27-19/h4-7,10-11,20H,8-9H2,1-3H3,(H,21,24)(H,22,23). The van der Waals surface area contributed by atoms with Gasteiger partial charge in [-0.2, -0.15) is 0 Å². The number of hydrogen-bond acceptors (Lipinski definition) is 6. The van der Waals surface area contributed by atoms with Crippen molar-refractivity contribution < 1.29 is 13.2 Å². The average Bonchev–Trinajstić information content (AvgIpc) is 3.09. The number of nitrogens with zero attached hydrogens (tertiary/aromatic N) is 1. The number of para-hydroxylation sites is 1. The van der Waals surface area contributed by atoms with Crippen LogP contribution < -0.4 is 15.4 Å². The maximum atomic E-state index is 12.5. The molecule has 0 saturated heterocycles. The van der Waals surface area contributed by atoms with E-state index in [9.17, 15) is 13.2 Å². The Kier molecular flexibility index (Phi) is 5.97. The van der Waals surface area contributed by atoms with E-state index in [1.165, 1.54) is 13.1 Å². The minimum atomic E-state index is -3.63. The van der Waals surface area contributed by atoms with Gasteiger partial charge in [-0.1, -0.05) is 23.5 Å². The van der Waals surface area contributed by atoms with E-state index in [1.54, 1.807) is 31.3 Å². The number of aryl methyl sites for hydroxylation is 1. The Hall–Kier alpha value is -2.49. The van der Waals surface area contributed by atoms with E-state index < -0.39 is 10.0 Å². The lowest BCUT2D eigenvalue weighted by Crippen LogP contribution is -2.29. The van der Waals surface area contributed by atoms with E-state index >= 15 is 0 Å². The molecule has 148 valence electrons. The van der Waals surface area contributed by atoms with Crippen LogP contribution >= 0.6 is 11.3 Å². The summed E-state index contributed by atoms with van der Waals surface area (Å²) >= 11 is 1.55. The topological polar surface area (TPSA) is 100 Å². The number of nitrogens with one attached hydrogen (secondary N) is 3. The second-order valence-electron chi connectivity index (χ2n) is 6.29. The molecule has 3 N–H and O–H groups in total. The highest BCUT2D eigenvalue weighted by Gasteiger charge is 2.19. The molecule has 7 nitrogen and oxygen atoms in total. The third-order valence-corrected chi connectivity index (χ3v) is 6.96. The van der Waals surface area contributed by atoms with Crippen molar-refractivity contribution in [2.75, 3.05) is 25.5 Å². The van der Waals surface area contributed by atoms with Crippen molar-refractivity contribution >= 4 is 42.6 Å². The Bertz CT molecular complexity index is 1090. The minimum Gasteiger partial charge on any atom is -0.360 e. The molecule has 0 aliphatic rings. The molecule has 9 heteroatoms. The van der Waals surface area contributed by atoms with Crippen molar-refractivity contribution in [2.24, 2.45) is 0 Å². The van der Waals surface area contributed by atoms with E-state index in [-0.39, 0.29) is 10.8 Å². The van der Waals surface area contributed by atoms with Gasteiger partial charge in [-0.3, -0.25) is 4.79 Å². The largest absolute Gasteiger partial charge is 0.360 e. The van der Waals surface area contributed by atoms with Crippen LogP contribution in [0.4, 0.5) is 5.13 Å². The van der Waals surface area contributed by atoms with Crippen molar-refractivity contribution in [3.8, 4) is 0 Å². The highest BCUT2D eigenvalue weighted by molar-refractivity contribution is 7.89. The molecule has 1 aromatic heterocycles. The summed E-state index contributed by atoms with van der Waals surface area (Å²) in [5, 5.41) is 6.79. The lowest BCUT2D eigenvalue weighted by Gasteiger charge is -2.12. The molecule has 0 aliphatic heterocycles. The smallest absolute Gasteiger partial charge is 0.251 e. The third kappa shape index (κ3) is 4.32. The first kappa shape index (κ1) is 20.2. The number of sulfonamides is 1. The fraction of sp³-hybridized carbons (Fsp3) is 0.263. The second kappa shape index (κ2) is 8.26. The van der Waals surface area contributed by atoms with Gasteiger partial charge in [0.05, 0.1) is 15.1 Å². The van der Waals surface area contributed by atoms with Crippen molar-refractivity contribution in [2.45, 2.75) is 18.7 Å². The second-order valence-corrected chi connectivity index (χ2v) is 9.18. The van der Waals surface area contributed by atoms with Crippen LogP contribution in [0.3, 0.4) is 0 Å². The van der Waals surface area contributed by atoms with Gasteiger partial charge in [0.25, 0.3) is 5.91 Å². The number of aromatic nitrogens is 1. The predicted octanol–water partition coefficient (Wildman–Crippen LogP) is 2.66. The van der Waals surface area contributed by atoms with Crippen LogP contribution in [-0.4, -0.2) is 39.4 Å². The molecule has 3 aromatic rings.